The normalized spacial score (nSPS) is 12.2. The van der Waals surface area contributed by atoms with Gasteiger partial charge in [0.1, 0.15) is 0 Å². The van der Waals surface area contributed by atoms with Crippen molar-refractivity contribution < 1.29 is 5.11 Å². The third kappa shape index (κ3) is 3.88. The van der Waals surface area contributed by atoms with Crippen LogP contribution in [0.2, 0.25) is 0 Å². The molecule has 0 aliphatic heterocycles. The molecule has 0 radical (unpaired) electrons. The molecule has 0 fully saturated rings. The molecule has 3 rings (SSSR count). The first-order chi connectivity index (χ1) is 12.3. The van der Waals surface area contributed by atoms with E-state index in [4.69, 9.17) is 0 Å². The van der Waals surface area contributed by atoms with Crippen molar-refractivity contribution in [2.75, 3.05) is 0 Å². The Kier molecular flexibility index (Phi) is 4.71. The number of benzene rings is 1. The molecule has 0 atom stereocenters. The van der Waals surface area contributed by atoms with Gasteiger partial charge in [-0.25, -0.2) is 0 Å². The molecule has 26 heavy (non-hydrogen) atoms. The highest BCUT2D eigenvalue weighted by atomic mass is 16.3. The van der Waals surface area contributed by atoms with Crippen molar-refractivity contribution in [2.24, 2.45) is 4.99 Å². The van der Waals surface area contributed by atoms with Gasteiger partial charge in [-0.2, -0.15) is 0 Å². The lowest BCUT2D eigenvalue weighted by molar-refractivity contribution is -0.212. The largest absolute Gasteiger partial charge is 0.858 e. The Labute approximate surface area is 152 Å². The predicted molar refractivity (Wildman–Crippen MR) is 102 cm³/mol. The Morgan fingerprint density at radius 2 is 1.69 bits per heavy atom. The molecular formula is C21H20N3O2-. The molecular weight excluding hydrogens is 326 g/mol. The van der Waals surface area contributed by atoms with Crippen LogP contribution < -0.4 is 10.7 Å². The van der Waals surface area contributed by atoms with Crippen LogP contribution >= 0.6 is 0 Å². The van der Waals surface area contributed by atoms with Gasteiger partial charge < -0.3 is 10.1 Å². The Morgan fingerprint density at radius 3 is 2.31 bits per heavy atom. The number of nitrogens with zero attached hydrogens (tertiary/aromatic N) is 2. The lowest BCUT2D eigenvalue weighted by Gasteiger charge is -2.19. The number of aromatic nitrogens is 2. The zero-order valence-corrected chi connectivity index (χ0v) is 15.0. The van der Waals surface area contributed by atoms with Gasteiger partial charge in [-0.05, 0) is 52.4 Å². The summed E-state index contributed by atoms with van der Waals surface area (Å²) in [6.45, 7) is 6.36. The number of hydrogen-bond acceptors (Lipinski definition) is 4. The fourth-order valence-corrected chi connectivity index (χ4v) is 2.57. The van der Waals surface area contributed by atoms with Gasteiger partial charge in [0.25, 0.3) is 5.56 Å². The van der Waals surface area contributed by atoms with Crippen LogP contribution in [0, 0.1) is 0 Å². The molecule has 2 heterocycles. The van der Waals surface area contributed by atoms with Gasteiger partial charge in [0.05, 0.1) is 11.3 Å². The average Bonchev–Trinajstić information content (AvgIpc) is 2.62. The summed E-state index contributed by atoms with van der Waals surface area (Å²) in [7, 11) is 0. The molecule has 0 saturated carbocycles. The quantitative estimate of drug-likeness (QED) is 0.584. The van der Waals surface area contributed by atoms with Crippen LogP contribution in [0.4, 0.5) is 5.69 Å². The van der Waals surface area contributed by atoms with Crippen molar-refractivity contribution in [3.63, 3.8) is 0 Å². The van der Waals surface area contributed by atoms with Gasteiger partial charge in [0, 0.05) is 24.5 Å². The first-order valence-electron chi connectivity index (χ1n) is 8.34. The summed E-state index contributed by atoms with van der Waals surface area (Å²) in [6, 6.07) is 12.7. The molecule has 1 N–H and O–H groups in total. The summed E-state index contributed by atoms with van der Waals surface area (Å²) >= 11 is 0. The fraction of sp³-hybridized carbons (Fsp3) is 0.190. The average molecular weight is 346 g/mol. The van der Waals surface area contributed by atoms with Crippen LogP contribution in [0.5, 0.6) is 0 Å². The van der Waals surface area contributed by atoms with E-state index in [9.17, 15) is 9.90 Å². The maximum absolute atomic E-state index is 12.5. The van der Waals surface area contributed by atoms with Crippen LogP contribution in [0.25, 0.3) is 11.1 Å². The highest BCUT2D eigenvalue weighted by Crippen LogP contribution is 2.24. The Balaban J connectivity index is 1.95. The minimum absolute atomic E-state index is 0.0132. The number of rotatable bonds is 3. The maximum atomic E-state index is 12.5. The van der Waals surface area contributed by atoms with E-state index in [2.05, 4.69) is 35.7 Å². The summed E-state index contributed by atoms with van der Waals surface area (Å²) in [5.41, 5.74) is 2.85. The van der Waals surface area contributed by atoms with Gasteiger partial charge in [-0.1, -0.05) is 32.9 Å². The zero-order chi connectivity index (χ0) is 18.7. The molecule has 0 spiro atoms. The van der Waals surface area contributed by atoms with Gasteiger partial charge in [-0.3, -0.25) is 14.8 Å². The Hall–Kier alpha value is -3.21. The van der Waals surface area contributed by atoms with Gasteiger partial charge in [-0.15, -0.1) is 0 Å². The molecule has 0 saturated heterocycles. The monoisotopic (exact) mass is 346 g/mol. The number of hydrogen-bond donors (Lipinski definition) is 1. The highest BCUT2D eigenvalue weighted by Gasteiger charge is 2.12. The molecule has 0 amide bonds. The Bertz CT molecular complexity index is 982. The molecule has 3 aromatic rings. The molecule has 0 aliphatic carbocycles. The minimum Gasteiger partial charge on any atom is -0.858 e. The summed E-state index contributed by atoms with van der Waals surface area (Å²) in [4.78, 5) is 22.7. The predicted octanol–water partition coefficient (Wildman–Crippen LogP) is 3.17. The van der Waals surface area contributed by atoms with Gasteiger partial charge in [0.2, 0.25) is 0 Å². The molecule has 5 nitrogen and oxygen atoms in total. The van der Waals surface area contributed by atoms with E-state index >= 15 is 0 Å². The van der Waals surface area contributed by atoms with Gasteiger partial charge in [0.15, 0.2) is 0 Å². The van der Waals surface area contributed by atoms with Crippen molar-refractivity contribution in [3.8, 4) is 11.1 Å². The van der Waals surface area contributed by atoms with E-state index in [0.717, 1.165) is 16.7 Å². The number of aliphatic imine (C=N–C) groups is 1. The molecule has 0 aliphatic rings. The van der Waals surface area contributed by atoms with E-state index in [1.165, 1.54) is 0 Å². The SMILES string of the molecule is CC(C)(C)c1ccc(N=C([O-])c2cc(-c3ccncc3)c[nH]c2=O)cc1. The van der Waals surface area contributed by atoms with E-state index in [-0.39, 0.29) is 11.0 Å². The topological polar surface area (TPSA) is 81.2 Å². The molecule has 2 aromatic heterocycles. The van der Waals surface area contributed by atoms with Crippen molar-refractivity contribution in [1.29, 1.82) is 0 Å². The number of H-pyrrole nitrogens is 1. The molecule has 0 unspecified atom stereocenters. The third-order valence-electron chi connectivity index (χ3n) is 4.11. The summed E-state index contributed by atoms with van der Waals surface area (Å²) in [6.07, 6.45) is 4.89. The van der Waals surface area contributed by atoms with Crippen LogP contribution in [0.3, 0.4) is 0 Å². The van der Waals surface area contributed by atoms with Crippen LogP contribution in [-0.2, 0) is 5.41 Å². The van der Waals surface area contributed by atoms with Crippen molar-refractivity contribution >= 4 is 11.6 Å². The van der Waals surface area contributed by atoms with E-state index in [1.807, 2.05) is 24.3 Å². The molecule has 1 aromatic carbocycles. The second kappa shape index (κ2) is 6.96. The standard InChI is InChI=1S/C21H21N3O2/c1-21(2,3)16-4-6-17(7-5-16)24-20(26)18-12-15(13-23-19(18)25)14-8-10-22-11-9-14/h4-13H,1-3H3,(H,23,25)(H,24,26)/p-1. The number of aromatic amines is 1. The smallest absolute Gasteiger partial charge is 0.256 e. The molecule has 0 bridgehead atoms. The van der Waals surface area contributed by atoms with Crippen LogP contribution in [0.1, 0.15) is 31.9 Å². The second-order valence-electron chi connectivity index (χ2n) is 7.08. The van der Waals surface area contributed by atoms with E-state index in [1.54, 1.807) is 36.8 Å². The van der Waals surface area contributed by atoms with Crippen molar-refractivity contribution in [3.05, 3.63) is 82.5 Å². The zero-order valence-electron chi connectivity index (χ0n) is 15.0. The van der Waals surface area contributed by atoms with Crippen molar-refractivity contribution in [1.82, 2.24) is 9.97 Å². The molecule has 132 valence electrons. The van der Waals surface area contributed by atoms with E-state index < -0.39 is 11.5 Å². The highest BCUT2D eigenvalue weighted by molar-refractivity contribution is 5.93. The van der Waals surface area contributed by atoms with E-state index in [0.29, 0.717) is 5.69 Å². The number of nitrogens with one attached hydrogen (secondary N) is 1. The van der Waals surface area contributed by atoms with Crippen molar-refractivity contribution in [2.45, 2.75) is 26.2 Å². The summed E-state index contributed by atoms with van der Waals surface area (Å²) in [5, 5.41) is 12.5. The van der Waals surface area contributed by atoms with Crippen LogP contribution in [-0.4, -0.2) is 15.9 Å². The lowest BCUT2D eigenvalue weighted by Crippen LogP contribution is -2.27. The van der Waals surface area contributed by atoms with Crippen LogP contribution in [0.15, 0.2) is 70.8 Å². The lowest BCUT2D eigenvalue weighted by atomic mass is 9.87. The number of pyridine rings is 2. The second-order valence-corrected chi connectivity index (χ2v) is 7.08. The van der Waals surface area contributed by atoms with Gasteiger partial charge >= 0.3 is 0 Å². The summed E-state index contributed by atoms with van der Waals surface area (Å²) < 4.78 is 0. The fourth-order valence-electron chi connectivity index (χ4n) is 2.57. The summed E-state index contributed by atoms with van der Waals surface area (Å²) in [5.74, 6) is -0.564. The first kappa shape index (κ1) is 17.6. The third-order valence-corrected chi connectivity index (χ3v) is 4.11. The maximum Gasteiger partial charge on any atom is 0.256 e. The minimum atomic E-state index is -0.564. The molecule has 5 heteroatoms. The first-order valence-corrected chi connectivity index (χ1v) is 8.34. The Morgan fingerprint density at radius 1 is 1.04 bits per heavy atom.